The SMILES string of the molecule is CC.CCOC=O.COc1ccc(COc2ccc(/C(C(=N)SC)=C(\C)N)cc2)cc1. The van der Waals surface area contributed by atoms with Gasteiger partial charge in [0, 0.05) is 11.3 Å². The third-order valence-corrected chi connectivity index (χ3v) is 4.38. The van der Waals surface area contributed by atoms with Crippen LogP contribution < -0.4 is 15.2 Å². The topological polar surface area (TPSA) is 94.6 Å². The van der Waals surface area contributed by atoms with Gasteiger partial charge in [0.05, 0.1) is 18.8 Å². The quantitative estimate of drug-likeness (QED) is 0.315. The lowest BCUT2D eigenvalue weighted by molar-refractivity contribution is -0.128. The van der Waals surface area contributed by atoms with Crippen LogP contribution >= 0.6 is 11.8 Å². The highest BCUT2D eigenvalue weighted by atomic mass is 32.2. The van der Waals surface area contributed by atoms with Gasteiger partial charge in [-0.15, -0.1) is 11.8 Å². The Kier molecular flexibility index (Phi) is 15.2. The second-order valence-corrected chi connectivity index (χ2v) is 6.62. The van der Waals surface area contributed by atoms with E-state index in [1.807, 2.05) is 75.6 Å². The molecule has 170 valence electrons. The molecule has 0 radical (unpaired) electrons. The average Bonchev–Trinajstić information content (AvgIpc) is 2.81. The first-order valence-corrected chi connectivity index (χ1v) is 11.2. The van der Waals surface area contributed by atoms with E-state index in [4.69, 9.17) is 20.6 Å². The molecule has 2 aromatic carbocycles. The fourth-order valence-corrected chi connectivity index (χ4v) is 2.80. The third kappa shape index (κ3) is 10.6. The summed E-state index contributed by atoms with van der Waals surface area (Å²) in [7, 11) is 1.65. The summed E-state index contributed by atoms with van der Waals surface area (Å²) in [6, 6.07) is 15.4. The van der Waals surface area contributed by atoms with E-state index in [0.717, 1.165) is 28.2 Å². The molecule has 0 saturated heterocycles. The Bertz CT molecular complexity index is 799. The molecule has 31 heavy (non-hydrogen) atoms. The summed E-state index contributed by atoms with van der Waals surface area (Å²) in [6.07, 6.45) is 1.87. The summed E-state index contributed by atoms with van der Waals surface area (Å²) in [5.41, 5.74) is 9.33. The number of ether oxygens (including phenoxy) is 3. The molecule has 2 rings (SSSR count). The van der Waals surface area contributed by atoms with Gasteiger partial charge in [-0.2, -0.15) is 0 Å². The number of carbonyl (C=O) groups excluding carboxylic acids is 1. The standard InChI is InChI=1S/C19H22N2O2S.C3H6O2.C2H6/c1-13(20)18(19(21)24-3)15-6-10-17(11-7-15)23-12-14-4-8-16(22-2)9-5-14;1-2-5-3-4;1-2/h4-11,21H,12,20H2,1-3H3;3H,2H2,1H3;1-2H3/b18-13-,21-19?;;. The Labute approximate surface area is 190 Å². The molecule has 2 aromatic rings. The highest BCUT2D eigenvalue weighted by Gasteiger charge is 2.10. The van der Waals surface area contributed by atoms with E-state index < -0.39 is 0 Å². The molecular weight excluding hydrogens is 412 g/mol. The largest absolute Gasteiger partial charge is 0.497 e. The number of benzene rings is 2. The number of methoxy groups -OCH3 is 1. The molecule has 0 atom stereocenters. The third-order valence-electron chi connectivity index (χ3n) is 3.77. The molecule has 0 aliphatic rings. The molecule has 0 heterocycles. The highest BCUT2D eigenvalue weighted by Crippen LogP contribution is 2.25. The molecule has 0 aliphatic carbocycles. The van der Waals surface area contributed by atoms with Crippen molar-refractivity contribution in [2.45, 2.75) is 34.3 Å². The first kappa shape index (κ1) is 28.1. The Balaban J connectivity index is 0.00000113. The molecular formula is C24H34N2O4S. The van der Waals surface area contributed by atoms with Crippen molar-refractivity contribution < 1.29 is 19.0 Å². The van der Waals surface area contributed by atoms with Gasteiger partial charge in [0.15, 0.2) is 0 Å². The smallest absolute Gasteiger partial charge is 0.293 e. The van der Waals surface area contributed by atoms with Crippen molar-refractivity contribution in [3.05, 3.63) is 65.4 Å². The van der Waals surface area contributed by atoms with E-state index >= 15 is 0 Å². The molecule has 0 unspecified atom stereocenters. The molecule has 6 nitrogen and oxygen atoms in total. The van der Waals surface area contributed by atoms with E-state index in [9.17, 15) is 4.79 Å². The lowest BCUT2D eigenvalue weighted by atomic mass is 10.1. The van der Waals surface area contributed by atoms with Crippen molar-refractivity contribution in [2.24, 2.45) is 5.73 Å². The fourth-order valence-electron chi connectivity index (χ4n) is 2.31. The van der Waals surface area contributed by atoms with E-state index in [0.29, 0.717) is 30.4 Å². The van der Waals surface area contributed by atoms with Gasteiger partial charge in [-0.1, -0.05) is 38.1 Å². The minimum atomic E-state index is 0.431. The van der Waals surface area contributed by atoms with Gasteiger partial charge in [-0.3, -0.25) is 10.2 Å². The molecule has 7 heteroatoms. The maximum Gasteiger partial charge on any atom is 0.293 e. The number of hydrogen-bond acceptors (Lipinski definition) is 7. The number of allylic oxidation sites excluding steroid dienone is 1. The van der Waals surface area contributed by atoms with Gasteiger partial charge in [-0.05, 0) is 55.5 Å². The molecule has 0 spiro atoms. The van der Waals surface area contributed by atoms with E-state index in [1.54, 1.807) is 14.0 Å². The zero-order valence-corrected chi connectivity index (χ0v) is 20.0. The maximum absolute atomic E-state index is 9.18. The van der Waals surface area contributed by atoms with Crippen LogP contribution in [0.1, 0.15) is 38.8 Å². The maximum atomic E-state index is 9.18. The monoisotopic (exact) mass is 446 g/mol. The average molecular weight is 447 g/mol. The Morgan fingerprint density at radius 2 is 1.61 bits per heavy atom. The minimum Gasteiger partial charge on any atom is -0.497 e. The molecule has 0 aliphatic heterocycles. The van der Waals surface area contributed by atoms with E-state index in [2.05, 4.69) is 4.74 Å². The summed E-state index contributed by atoms with van der Waals surface area (Å²) in [6.45, 7) is 8.97. The molecule has 0 fully saturated rings. The van der Waals surface area contributed by atoms with Crippen LogP contribution in [-0.4, -0.2) is 31.5 Å². The summed E-state index contributed by atoms with van der Waals surface area (Å²) in [4.78, 5) is 9.18. The van der Waals surface area contributed by atoms with Crippen LogP contribution in [0.25, 0.3) is 5.57 Å². The predicted molar refractivity (Wildman–Crippen MR) is 131 cm³/mol. The Morgan fingerprint density at radius 1 is 1.06 bits per heavy atom. The molecule has 0 saturated carbocycles. The van der Waals surface area contributed by atoms with Gasteiger partial charge in [0.1, 0.15) is 18.1 Å². The molecule has 3 N–H and O–H groups in total. The summed E-state index contributed by atoms with van der Waals surface area (Å²) >= 11 is 1.37. The van der Waals surface area contributed by atoms with Crippen molar-refractivity contribution in [1.82, 2.24) is 0 Å². The van der Waals surface area contributed by atoms with Crippen molar-refractivity contribution in [3.8, 4) is 11.5 Å². The van der Waals surface area contributed by atoms with Gasteiger partial charge < -0.3 is 19.9 Å². The van der Waals surface area contributed by atoms with Crippen molar-refractivity contribution in [3.63, 3.8) is 0 Å². The Hall–Kier alpha value is -2.93. The number of rotatable bonds is 8. The summed E-state index contributed by atoms with van der Waals surface area (Å²) < 4.78 is 15.1. The zero-order chi connectivity index (χ0) is 23.6. The number of thioether (sulfide) groups is 1. The van der Waals surface area contributed by atoms with Crippen LogP contribution in [0.4, 0.5) is 0 Å². The lowest BCUT2D eigenvalue weighted by Gasteiger charge is -2.11. The van der Waals surface area contributed by atoms with Crippen LogP contribution in [0, 0.1) is 5.41 Å². The fraction of sp³-hybridized carbons (Fsp3) is 0.333. The van der Waals surface area contributed by atoms with Gasteiger partial charge in [0.2, 0.25) is 0 Å². The normalized spacial score (nSPS) is 10.3. The minimum absolute atomic E-state index is 0.431. The van der Waals surface area contributed by atoms with Crippen molar-refractivity contribution >= 4 is 28.9 Å². The molecule has 0 amide bonds. The van der Waals surface area contributed by atoms with Crippen LogP contribution in [-0.2, 0) is 16.1 Å². The van der Waals surface area contributed by atoms with Gasteiger partial charge in [0.25, 0.3) is 6.47 Å². The first-order valence-electron chi connectivity index (χ1n) is 9.97. The van der Waals surface area contributed by atoms with Crippen molar-refractivity contribution in [2.75, 3.05) is 20.0 Å². The highest BCUT2D eigenvalue weighted by molar-refractivity contribution is 8.14. The van der Waals surface area contributed by atoms with E-state index in [1.165, 1.54) is 11.8 Å². The second kappa shape index (κ2) is 16.8. The van der Waals surface area contributed by atoms with Gasteiger partial charge in [-0.25, -0.2) is 0 Å². The molecule has 0 bridgehead atoms. The van der Waals surface area contributed by atoms with Crippen LogP contribution in [0.5, 0.6) is 11.5 Å². The second-order valence-electron chi connectivity index (χ2n) is 5.80. The number of nitrogens with one attached hydrogen (secondary N) is 1. The lowest BCUT2D eigenvalue weighted by Crippen LogP contribution is -2.04. The first-order chi connectivity index (χ1) is 15.0. The summed E-state index contributed by atoms with van der Waals surface area (Å²) in [5, 5.41) is 8.49. The predicted octanol–water partition coefficient (Wildman–Crippen LogP) is 5.51. The summed E-state index contributed by atoms with van der Waals surface area (Å²) in [5.74, 6) is 1.61. The van der Waals surface area contributed by atoms with E-state index in [-0.39, 0.29) is 0 Å². The zero-order valence-electron chi connectivity index (χ0n) is 19.2. The van der Waals surface area contributed by atoms with Crippen LogP contribution in [0.2, 0.25) is 0 Å². The number of hydrogen-bond donors (Lipinski definition) is 2. The van der Waals surface area contributed by atoms with Crippen molar-refractivity contribution in [1.29, 1.82) is 5.41 Å². The number of nitrogens with two attached hydrogens (primary N) is 1. The Morgan fingerprint density at radius 3 is 2.00 bits per heavy atom. The van der Waals surface area contributed by atoms with Gasteiger partial charge >= 0.3 is 0 Å². The number of carbonyl (C=O) groups is 1. The molecule has 0 aromatic heterocycles. The van der Waals surface area contributed by atoms with Crippen LogP contribution in [0.15, 0.2) is 54.2 Å². The van der Waals surface area contributed by atoms with Crippen LogP contribution in [0.3, 0.4) is 0 Å².